The van der Waals surface area contributed by atoms with Crippen molar-refractivity contribution >= 4 is 28.9 Å². The Balaban J connectivity index is 1.19. The molecule has 1 aromatic carbocycles. The van der Waals surface area contributed by atoms with E-state index in [2.05, 4.69) is 49.5 Å². The van der Waals surface area contributed by atoms with Gasteiger partial charge in [0, 0.05) is 82.1 Å². The lowest BCUT2D eigenvalue weighted by Crippen LogP contribution is -2.52. The summed E-state index contributed by atoms with van der Waals surface area (Å²) in [4.78, 5) is 34.3. The molecule has 0 unspecified atom stereocenters. The second-order valence-electron chi connectivity index (χ2n) is 12.0. The Labute approximate surface area is 253 Å². The van der Waals surface area contributed by atoms with Crippen LogP contribution in [0.3, 0.4) is 0 Å². The van der Waals surface area contributed by atoms with E-state index in [0.717, 1.165) is 50.3 Å². The molecule has 2 aromatic heterocycles. The number of nitrogens with one attached hydrogen (secondary N) is 2. The lowest BCUT2D eigenvalue weighted by atomic mass is 10.0. The van der Waals surface area contributed by atoms with Gasteiger partial charge in [0.15, 0.2) is 17.3 Å². The Hall–Kier alpha value is -3.80. The number of aryl methyl sites for hydroxylation is 1. The molecule has 6 rings (SSSR count). The van der Waals surface area contributed by atoms with Crippen molar-refractivity contribution in [3.05, 3.63) is 53.9 Å². The highest BCUT2D eigenvalue weighted by molar-refractivity contribution is 5.97. The molecule has 0 atom stereocenters. The number of pyridine rings is 1. The summed E-state index contributed by atoms with van der Waals surface area (Å²) in [5.74, 6) is 0.232. The zero-order chi connectivity index (χ0) is 29.8. The molecule has 1 amide bonds. The van der Waals surface area contributed by atoms with Gasteiger partial charge < -0.3 is 30.9 Å². The monoisotopic (exact) mass is 585 g/mol. The number of aromatic nitrogens is 3. The topological polar surface area (TPSA) is 125 Å². The number of likely N-dealkylation sites (N-methyl/N-ethyl adjacent to an activating group) is 1. The summed E-state index contributed by atoms with van der Waals surface area (Å²) in [6.45, 7) is 10.1. The zero-order valence-electron chi connectivity index (χ0n) is 25.3. The maximum absolute atomic E-state index is 12.6. The molecule has 43 heavy (non-hydrogen) atoms. The second-order valence-corrected chi connectivity index (χ2v) is 12.0. The zero-order valence-corrected chi connectivity index (χ0v) is 25.3. The third kappa shape index (κ3) is 7.06. The van der Waals surface area contributed by atoms with Crippen molar-refractivity contribution in [1.29, 1.82) is 0 Å². The van der Waals surface area contributed by atoms with Gasteiger partial charge in [0.05, 0.1) is 5.69 Å². The minimum absolute atomic E-state index is 0.0740. The molecule has 0 bridgehead atoms. The van der Waals surface area contributed by atoms with Crippen LogP contribution in [0, 0.1) is 6.92 Å². The van der Waals surface area contributed by atoms with E-state index >= 15 is 0 Å². The Kier molecular flexibility index (Phi) is 9.01. The highest BCUT2D eigenvalue weighted by atomic mass is 16.5. The molecular weight excluding hydrogens is 542 g/mol. The van der Waals surface area contributed by atoms with Gasteiger partial charge in [-0.2, -0.15) is 0 Å². The SMILES string of the molecule is Cc1ccc(-c2nc(C(N)=O)c(Nc3ccc(N4CCC(N5CCN(C)CC5)CC4)cc3)nc2NC2CCOCC2)nc1. The highest BCUT2D eigenvalue weighted by Gasteiger charge is 2.27. The number of piperazine rings is 1. The minimum Gasteiger partial charge on any atom is -0.381 e. The molecule has 3 aromatic rings. The molecule has 3 aliphatic heterocycles. The van der Waals surface area contributed by atoms with Crippen LogP contribution in [-0.4, -0.2) is 102 Å². The second kappa shape index (κ2) is 13.2. The van der Waals surface area contributed by atoms with Crippen LogP contribution >= 0.6 is 0 Å². The first-order valence-corrected chi connectivity index (χ1v) is 15.5. The largest absolute Gasteiger partial charge is 0.381 e. The average Bonchev–Trinajstić information content (AvgIpc) is 3.03. The van der Waals surface area contributed by atoms with Crippen LogP contribution in [0.15, 0.2) is 42.6 Å². The molecule has 11 heteroatoms. The first kappa shape index (κ1) is 29.3. The molecule has 3 aliphatic rings. The van der Waals surface area contributed by atoms with Crippen molar-refractivity contribution in [2.45, 2.75) is 44.7 Å². The van der Waals surface area contributed by atoms with Crippen LogP contribution < -0.4 is 21.3 Å². The molecule has 0 radical (unpaired) electrons. The average molecular weight is 586 g/mol. The first-order chi connectivity index (χ1) is 20.9. The molecule has 0 aliphatic carbocycles. The Morgan fingerprint density at radius 1 is 0.907 bits per heavy atom. The van der Waals surface area contributed by atoms with Crippen LogP contribution in [0.2, 0.25) is 0 Å². The number of carbonyl (C=O) groups excluding carboxylic acids is 1. The number of nitrogens with two attached hydrogens (primary N) is 1. The van der Waals surface area contributed by atoms with Gasteiger partial charge in [0.2, 0.25) is 0 Å². The predicted molar refractivity (Wildman–Crippen MR) is 170 cm³/mol. The van der Waals surface area contributed by atoms with Gasteiger partial charge in [-0.1, -0.05) is 6.07 Å². The van der Waals surface area contributed by atoms with Crippen LogP contribution in [0.5, 0.6) is 0 Å². The van der Waals surface area contributed by atoms with Gasteiger partial charge in [-0.25, -0.2) is 9.97 Å². The van der Waals surface area contributed by atoms with Gasteiger partial charge in [-0.3, -0.25) is 14.7 Å². The van der Waals surface area contributed by atoms with Crippen molar-refractivity contribution in [2.24, 2.45) is 5.73 Å². The van der Waals surface area contributed by atoms with Gasteiger partial charge >= 0.3 is 0 Å². The number of hydrogen-bond acceptors (Lipinski definition) is 10. The van der Waals surface area contributed by atoms with E-state index in [1.165, 1.54) is 31.6 Å². The lowest BCUT2D eigenvalue weighted by Gasteiger charge is -2.42. The first-order valence-electron chi connectivity index (χ1n) is 15.5. The number of piperidine rings is 1. The number of anilines is 4. The summed E-state index contributed by atoms with van der Waals surface area (Å²) >= 11 is 0. The van der Waals surface area contributed by atoms with E-state index in [0.29, 0.717) is 42.3 Å². The van der Waals surface area contributed by atoms with Crippen LogP contribution in [-0.2, 0) is 4.74 Å². The van der Waals surface area contributed by atoms with Gasteiger partial charge in [-0.15, -0.1) is 0 Å². The molecule has 3 saturated heterocycles. The van der Waals surface area contributed by atoms with Gasteiger partial charge in [-0.05, 0) is 75.5 Å². The number of ether oxygens (including phenoxy) is 1. The van der Waals surface area contributed by atoms with Crippen molar-refractivity contribution in [1.82, 2.24) is 24.8 Å². The summed E-state index contributed by atoms with van der Waals surface area (Å²) in [6.07, 6.45) is 5.87. The fourth-order valence-corrected chi connectivity index (χ4v) is 6.19. The molecule has 4 N–H and O–H groups in total. The molecule has 0 spiro atoms. The predicted octanol–water partition coefficient (Wildman–Crippen LogP) is 3.50. The number of benzene rings is 1. The van der Waals surface area contributed by atoms with Crippen LogP contribution in [0.4, 0.5) is 23.0 Å². The third-order valence-corrected chi connectivity index (χ3v) is 8.86. The smallest absolute Gasteiger partial charge is 0.271 e. The van der Waals surface area contributed by atoms with E-state index in [-0.39, 0.29) is 11.7 Å². The summed E-state index contributed by atoms with van der Waals surface area (Å²) < 4.78 is 5.54. The number of primary amides is 1. The molecular formula is C32H43N9O2. The number of hydrogen-bond donors (Lipinski definition) is 3. The Bertz CT molecular complexity index is 1380. The highest BCUT2D eigenvalue weighted by Crippen LogP contribution is 2.31. The van der Waals surface area contributed by atoms with E-state index in [9.17, 15) is 4.79 Å². The normalized spacial score (nSPS) is 19.3. The van der Waals surface area contributed by atoms with Crippen LogP contribution in [0.1, 0.15) is 41.7 Å². The van der Waals surface area contributed by atoms with Crippen molar-refractivity contribution < 1.29 is 9.53 Å². The lowest BCUT2D eigenvalue weighted by molar-refractivity contribution is 0.0904. The molecule has 5 heterocycles. The third-order valence-electron chi connectivity index (χ3n) is 8.86. The number of carbonyl (C=O) groups is 1. The number of nitrogens with zero attached hydrogens (tertiary/aromatic N) is 6. The Morgan fingerprint density at radius 3 is 2.28 bits per heavy atom. The summed E-state index contributed by atoms with van der Waals surface area (Å²) in [6, 6.07) is 13.0. The van der Waals surface area contributed by atoms with Gasteiger partial charge in [0.1, 0.15) is 5.69 Å². The van der Waals surface area contributed by atoms with E-state index in [1.807, 2.05) is 31.2 Å². The maximum Gasteiger partial charge on any atom is 0.271 e. The number of amides is 1. The Morgan fingerprint density at radius 2 is 1.63 bits per heavy atom. The minimum atomic E-state index is -0.652. The van der Waals surface area contributed by atoms with E-state index in [4.69, 9.17) is 20.4 Å². The molecule has 11 nitrogen and oxygen atoms in total. The summed E-state index contributed by atoms with van der Waals surface area (Å²) in [5.41, 5.74) is 10.1. The van der Waals surface area contributed by atoms with Crippen LogP contribution in [0.25, 0.3) is 11.4 Å². The van der Waals surface area contributed by atoms with Crippen molar-refractivity contribution in [2.75, 3.05) is 75.1 Å². The van der Waals surface area contributed by atoms with Crippen molar-refractivity contribution in [3.63, 3.8) is 0 Å². The number of rotatable bonds is 8. The standard InChI is InChI=1S/C32H43N9O2/c1-22-3-8-27(34-21-22)28-31(36-24-11-19-43-20-12-24)38-32(29(37-28)30(33)42)35-23-4-6-25(7-5-23)40-13-9-26(10-14-40)41-17-15-39(2)16-18-41/h3-8,21,24,26H,9-20H2,1-2H3,(H2,33,42)(H2,35,36,38). The van der Waals surface area contributed by atoms with E-state index < -0.39 is 5.91 Å². The molecule has 0 saturated carbocycles. The quantitative estimate of drug-likeness (QED) is 0.362. The molecule has 228 valence electrons. The summed E-state index contributed by atoms with van der Waals surface area (Å²) in [5, 5.41) is 6.85. The van der Waals surface area contributed by atoms with Gasteiger partial charge in [0.25, 0.3) is 5.91 Å². The van der Waals surface area contributed by atoms with Crippen molar-refractivity contribution in [3.8, 4) is 11.4 Å². The summed E-state index contributed by atoms with van der Waals surface area (Å²) in [7, 11) is 2.21. The maximum atomic E-state index is 12.6. The fraction of sp³-hybridized carbons (Fsp3) is 0.500. The molecule has 3 fully saturated rings. The van der Waals surface area contributed by atoms with E-state index in [1.54, 1.807) is 6.20 Å². The fourth-order valence-electron chi connectivity index (χ4n) is 6.19.